The van der Waals surface area contributed by atoms with Crippen LogP contribution in [0.2, 0.25) is 0 Å². The fourth-order valence-corrected chi connectivity index (χ4v) is 2.21. The van der Waals surface area contributed by atoms with Gasteiger partial charge < -0.3 is 4.74 Å². The van der Waals surface area contributed by atoms with Crippen LogP contribution in [0.15, 0.2) is 36.4 Å². The number of ether oxygens (including phenoxy) is 1. The van der Waals surface area contributed by atoms with E-state index in [9.17, 15) is 0 Å². The van der Waals surface area contributed by atoms with Gasteiger partial charge in [-0.2, -0.15) is 0 Å². The Morgan fingerprint density at radius 2 is 1.72 bits per heavy atom. The molecule has 94 valence electrons. The van der Waals surface area contributed by atoms with Gasteiger partial charge in [0.25, 0.3) is 0 Å². The van der Waals surface area contributed by atoms with Crippen LogP contribution in [0.1, 0.15) is 22.3 Å². The Labute approximate surface area is 117 Å². The quantitative estimate of drug-likeness (QED) is 0.699. The molecule has 0 amide bonds. The first-order chi connectivity index (χ1) is 8.61. The molecular formula is C16H17BrO. The lowest BCUT2D eigenvalue weighted by atomic mass is 10.1. The molecule has 2 rings (SSSR count). The van der Waals surface area contributed by atoms with Crippen molar-refractivity contribution in [3.63, 3.8) is 0 Å². The van der Waals surface area contributed by atoms with Gasteiger partial charge in [0.1, 0.15) is 11.5 Å². The Bertz CT molecular complexity index is 561. The van der Waals surface area contributed by atoms with Crippen LogP contribution in [0.3, 0.4) is 0 Å². The number of hydrogen-bond donors (Lipinski definition) is 0. The van der Waals surface area contributed by atoms with Crippen LogP contribution < -0.4 is 4.74 Å². The molecule has 0 fully saturated rings. The van der Waals surface area contributed by atoms with Crippen molar-refractivity contribution in [1.82, 2.24) is 0 Å². The predicted molar refractivity (Wildman–Crippen MR) is 79.8 cm³/mol. The second-order valence-corrected chi connectivity index (χ2v) is 5.09. The molecule has 2 heteroatoms. The van der Waals surface area contributed by atoms with Crippen molar-refractivity contribution in [3.05, 3.63) is 58.7 Å². The molecule has 0 radical (unpaired) electrons. The average molecular weight is 305 g/mol. The van der Waals surface area contributed by atoms with Crippen LogP contribution >= 0.6 is 15.9 Å². The summed E-state index contributed by atoms with van der Waals surface area (Å²) >= 11 is 3.46. The molecular weight excluding hydrogens is 288 g/mol. The zero-order chi connectivity index (χ0) is 13.1. The third-order valence-corrected chi connectivity index (χ3v) is 3.82. The normalized spacial score (nSPS) is 10.4. The van der Waals surface area contributed by atoms with Gasteiger partial charge >= 0.3 is 0 Å². The summed E-state index contributed by atoms with van der Waals surface area (Å²) in [6.07, 6.45) is 0. The number of halogens is 1. The van der Waals surface area contributed by atoms with Gasteiger partial charge in [0.05, 0.1) is 0 Å². The minimum atomic E-state index is 0.873. The van der Waals surface area contributed by atoms with Crippen LogP contribution in [-0.2, 0) is 5.33 Å². The van der Waals surface area contributed by atoms with E-state index in [2.05, 4.69) is 54.9 Å². The molecule has 0 saturated heterocycles. The molecule has 18 heavy (non-hydrogen) atoms. The summed E-state index contributed by atoms with van der Waals surface area (Å²) in [5, 5.41) is 0.873. The number of aryl methyl sites for hydroxylation is 2. The maximum absolute atomic E-state index is 6.00. The summed E-state index contributed by atoms with van der Waals surface area (Å²) in [5.41, 5.74) is 4.87. The van der Waals surface area contributed by atoms with E-state index in [1.54, 1.807) is 0 Å². The summed E-state index contributed by atoms with van der Waals surface area (Å²) < 4.78 is 6.00. The molecule has 0 aromatic heterocycles. The van der Waals surface area contributed by atoms with Gasteiger partial charge in [-0.3, -0.25) is 0 Å². The van der Waals surface area contributed by atoms with Crippen LogP contribution in [0, 0.1) is 20.8 Å². The lowest BCUT2D eigenvalue weighted by molar-refractivity contribution is 0.474. The molecule has 0 aliphatic heterocycles. The molecule has 0 unspecified atom stereocenters. The molecule has 0 aliphatic carbocycles. The van der Waals surface area contributed by atoms with Crippen molar-refractivity contribution in [2.45, 2.75) is 26.1 Å². The maximum Gasteiger partial charge on any atom is 0.130 e. The Morgan fingerprint density at radius 1 is 0.944 bits per heavy atom. The number of benzene rings is 2. The van der Waals surface area contributed by atoms with E-state index in [1.807, 2.05) is 18.2 Å². The van der Waals surface area contributed by atoms with Crippen molar-refractivity contribution in [1.29, 1.82) is 0 Å². The van der Waals surface area contributed by atoms with Crippen LogP contribution in [0.5, 0.6) is 11.5 Å². The first-order valence-corrected chi connectivity index (χ1v) is 7.13. The van der Waals surface area contributed by atoms with E-state index in [0.717, 1.165) is 22.4 Å². The van der Waals surface area contributed by atoms with Crippen molar-refractivity contribution >= 4 is 15.9 Å². The number of hydrogen-bond acceptors (Lipinski definition) is 1. The van der Waals surface area contributed by atoms with E-state index in [-0.39, 0.29) is 0 Å². The van der Waals surface area contributed by atoms with E-state index >= 15 is 0 Å². The highest BCUT2D eigenvalue weighted by molar-refractivity contribution is 9.08. The zero-order valence-electron chi connectivity index (χ0n) is 11.0. The summed E-state index contributed by atoms with van der Waals surface area (Å²) in [6, 6.07) is 12.4. The number of rotatable bonds is 3. The van der Waals surface area contributed by atoms with Gasteiger partial charge in [-0.25, -0.2) is 0 Å². The molecule has 0 saturated carbocycles. The Kier molecular flexibility index (Phi) is 4.07. The topological polar surface area (TPSA) is 9.23 Å². The van der Waals surface area contributed by atoms with Crippen molar-refractivity contribution in [3.8, 4) is 11.5 Å². The first kappa shape index (κ1) is 13.2. The standard InChI is InChI=1S/C16H17BrO/c1-11-5-4-6-16(13(11)3)18-15-8-7-14(10-17)9-12(15)2/h4-9H,10H2,1-3H3. The van der Waals surface area contributed by atoms with E-state index in [1.165, 1.54) is 16.7 Å². The third-order valence-electron chi connectivity index (χ3n) is 3.17. The lowest BCUT2D eigenvalue weighted by Crippen LogP contribution is -1.92. The summed E-state index contributed by atoms with van der Waals surface area (Å²) in [6.45, 7) is 6.27. The molecule has 1 nitrogen and oxygen atoms in total. The second kappa shape index (κ2) is 5.57. The molecule has 0 bridgehead atoms. The van der Waals surface area contributed by atoms with Gasteiger partial charge in [-0.15, -0.1) is 0 Å². The molecule has 2 aromatic carbocycles. The minimum absolute atomic E-state index is 0.873. The first-order valence-electron chi connectivity index (χ1n) is 6.01. The fourth-order valence-electron chi connectivity index (χ4n) is 1.86. The van der Waals surface area contributed by atoms with Gasteiger partial charge in [0.15, 0.2) is 0 Å². The Morgan fingerprint density at radius 3 is 2.39 bits per heavy atom. The fraction of sp³-hybridized carbons (Fsp3) is 0.250. The molecule has 0 heterocycles. The highest BCUT2D eigenvalue weighted by Gasteiger charge is 2.06. The Hall–Kier alpha value is -1.28. The van der Waals surface area contributed by atoms with Crippen LogP contribution in [-0.4, -0.2) is 0 Å². The largest absolute Gasteiger partial charge is 0.457 e. The maximum atomic E-state index is 6.00. The van der Waals surface area contributed by atoms with Gasteiger partial charge in [-0.05, 0) is 55.2 Å². The SMILES string of the molecule is Cc1cc(CBr)ccc1Oc1cccc(C)c1C. The average Bonchev–Trinajstić information content (AvgIpc) is 2.37. The van der Waals surface area contributed by atoms with Crippen LogP contribution in [0.4, 0.5) is 0 Å². The smallest absolute Gasteiger partial charge is 0.130 e. The van der Waals surface area contributed by atoms with Gasteiger partial charge in [-0.1, -0.05) is 40.2 Å². The molecule has 0 spiro atoms. The molecule has 2 aromatic rings. The predicted octanol–water partition coefficient (Wildman–Crippen LogP) is 5.30. The van der Waals surface area contributed by atoms with Gasteiger partial charge in [0, 0.05) is 5.33 Å². The molecule has 0 aliphatic rings. The lowest BCUT2D eigenvalue weighted by Gasteiger charge is -2.13. The summed E-state index contributed by atoms with van der Waals surface area (Å²) in [5.74, 6) is 1.86. The molecule has 0 atom stereocenters. The number of alkyl halides is 1. The van der Waals surface area contributed by atoms with E-state index in [0.29, 0.717) is 0 Å². The van der Waals surface area contributed by atoms with E-state index < -0.39 is 0 Å². The summed E-state index contributed by atoms with van der Waals surface area (Å²) in [7, 11) is 0. The zero-order valence-corrected chi connectivity index (χ0v) is 12.5. The van der Waals surface area contributed by atoms with Crippen molar-refractivity contribution in [2.24, 2.45) is 0 Å². The van der Waals surface area contributed by atoms with Gasteiger partial charge in [0.2, 0.25) is 0 Å². The van der Waals surface area contributed by atoms with Crippen molar-refractivity contribution < 1.29 is 4.74 Å². The summed E-state index contributed by atoms with van der Waals surface area (Å²) in [4.78, 5) is 0. The second-order valence-electron chi connectivity index (χ2n) is 4.53. The highest BCUT2D eigenvalue weighted by Crippen LogP contribution is 2.29. The Balaban J connectivity index is 2.31. The van der Waals surface area contributed by atoms with Crippen molar-refractivity contribution in [2.75, 3.05) is 0 Å². The molecule has 0 N–H and O–H groups in total. The monoisotopic (exact) mass is 304 g/mol. The third kappa shape index (κ3) is 2.75. The van der Waals surface area contributed by atoms with E-state index in [4.69, 9.17) is 4.74 Å². The van der Waals surface area contributed by atoms with Crippen LogP contribution in [0.25, 0.3) is 0 Å². The minimum Gasteiger partial charge on any atom is -0.457 e. The highest BCUT2D eigenvalue weighted by atomic mass is 79.9.